The molecule has 0 aliphatic rings. The summed E-state index contributed by atoms with van der Waals surface area (Å²) in [5.74, 6) is 0.215. The van der Waals surface area contributed by atoms with E-state index in [0.717, 1.165) is 11.1 Å². The molecular weight excluding hydrogens is 306 g/mol. The molecule has 0 atom stereocenters. The van der Waals surface area contributed by atoms with Gasteiger partial charge < -0.3 is 14.5 Å². The van der Waals surface area contributed by atoms with Crippen LogP contribution in [0.1, 0.15) is 21.7 Å². The summed E-state index contributed by atoms with van der Waals surface area (Å²) < 4.78 is 10.3. The van der Waals surface area contributed by atoms with Crippen molar-refractivity contribution in [3.8, 4) is 5.75 Å². The summed E-state index contributed by atoms with van der Waals surface area (Å²) in [7, 11) is 1.58. The molecule has 0 saturated heterocycles. The zero-order chi connectivity index (χ0) is 17.3. The second-order valence-electron chi connectivity index (χ2n) is 5.62. The molecule has 0 unspecified atom stereocenters. The van der Waals surface area contributed by atoms with Gasteiger partial charge in [0, 0.05) is 5.69 Å². The third kappa shape index (κ3) is 3.01. The minimum absolute atomic E-state index is 0.0217. The van der Waals surface area contributed by atoms with Crippen LogP contribution in [0.2, 0.25) is 0 Å². The summed E-state index contributed by atoms with van der Waals surface area (Å²) >= 11 is 0. The van der Waals surface area contributed by atoms with E-state index in [2.05, 4.69) is 5.32 Å². The van der Waals surface area contributed by atoms with Crippen molar-refractivity contribution in [1.29, 1.82) is 0 Å². The van der Waals surface area contributed by atoms with Crippen molar-refractivity contribution in [2.75, 3.05) is 12.4 Å². The summed E-state index contributed by atoms with van der Waals surface area (Å²) in [5, 5.41) is 3.89. The number of carbonyl (C=O) groups is 1. The molecule has 0 aliphatic heterocycles. The number of hydrogen-bond donors (Lipinski definition) is 1. The van der Waals surface area contributed by atoms with E-state index in [0.29, 0.717) is 22.2 Å². The van der Waals surface area contributed by atoms with Gasteiger partial charge in [-0.2, -0.15) is 0 Å². The molecule has 1 N–H and O–H groups in total. The lowest BCUT2D eigenvalue weighted by atomic mass is 10.1. The van der Waals surface area contributed by atoms with E-state index in [4.69, 9.17) is 9.15 Å². The number of carbonyl (C=O) groups excluding carboxylic acids is 1. The lowest BCUT2D eigenvalue weighted by Gasteiger charge is -2.09. The van der Waals surface area contributed by atoms with Crippen LogP contribution in [0, 0.1) is 13.8 Å². The number of benzene rings is 2. The van der Waals surface area contributed by atoms with Gasteiger partial charge in [-0.1, -0.05) is 17.7 Å². The molecule has 0 radical (unpaired) electrons. The van der Waals surface area contributed by atoms with Crippen LogP contribution in [0.15, 0.2) is 51.7 Å². The lowest BCUT2D eigenvalue weighted by molar-refractivity contribution is 0.0993. The van der Waals surface area contributed by atoms with Crippen molar-refractivity contribution in [3.63, 3.8) is 0 Å². The van der Waals surface area contributed by atoms with Crippen LogP contribution in [-0.4, -0.2) is 13.0 Å². The van der Waals surface area contributed by atoms with E-state index >= 15 is 0 Å². The minimum Gasteiger partial charge on any atom is -0.497 e. The van der Waals surface area contributed by atoms with E-state index in [1.54, 1.807) is 37.4 Å². The molecule has 0 fully saturated rings. The minimum atomic E-state index is -0.521. The van der Waals surface area contributed by atoms with Crippen molar-refractivity contribution >= 4 is 22.4 Å². The zero-order valence-electron chi connectivity index (χ0n) is 13.7. The fourth-order valence-electron chi connectivity index (χ4n) is 2.50. The first-order chi connectivity index (χ1) is 11.5. The summed E-state index contributed by atoms with van der Waals surface area (Å²) in [5.41, 5.74) is 1.92. The molecule has 1 heterocycles. The Morgan fingerprint density at radius 2 is 1.88 bits per heavy atom. The summed E-state index contributed by atoms with van der Waals surface area (Å²) in [6.45, 7) is 3.75. The topological polar surface area (TPSA) is 68.5 Å². The van der Waals surface area contributed by atoms with E-state index in [-0.39, 0.29) is 5.76 Å². The Labute approximate surface area is 138 Å². The van der Waals surface area contributed by atoms with Gasteiger partial charge >= 0.3 is 5.63 Å². The van der Waals surface area contributed by atoms with Gasteiger partial charge in [0.2, 0.25) is 0 Å². The molecule has 0 saturated carbocycles. The highest BCUT2D eigenvalue weighted by atomic mass is 16.5. The molecule has 24 heavy (non-hydrogen) atoms. The lowest BCUT2D eigenvalue weighted by Crippen LogP contribution is -2.15. The molecule has 2 aromatic carbocycles. The van der Waals surface area contributed by atoms with Gasteiger partial charge in [0.15, 0.2) is 5.76 Å². The molecule has 5 heteroatoms. The van der Waals surface area contributed by atoms with Gasteiger partial charge in [-0.25, -0.2) is 4.79 Å². The van der Waals surface area contributed by atoms with Crippen molar-refractivity contribution in [2.45, 2.75) is 13.8 Å². The molecule has 0 bridgehead atoms. The van der Waals surface area contributed by atoms with Crippen LogP contribution in [0.3, 0.4) is 0 Å². The zero-order valence-corrected chi connectivity index (χ0v) is 13.7. The number of fused-ring (bicyclic) bond motifs is 1. The molecule has 1 aromatic heterocycles. The van der Waals surface area contributed by atoms with E-state index in [1.165, 1.54) is 0 Å². The van der Waals surface area contributed by atoms with Gasteiger partial charge in [-0.15, -0.1) is 0 Å². The molecule has 0 aliphatic carbocycles. The van der Waals surface area contributed by atoms with Crippen LogP contribution < -0.4 is 15.7 Å². The Hall–Kier alpha value is -3.08. The van der Waals surface area contributed by atoms with Crippen molar-refractivity contribution in [1.82, 2.24) is 0 Å². The van der Waals surface area contributed by atoms with E-state index in [9.17, 15) is 9.59 Å². The normalized spacial score (nSPS) is 10.6. The quantitative estimate of drug-likeness (QED) is 0.798. The summed E-state index contributed by atoms with van der Waals surface area (Å²) in [4.78, 5) is 24.5. The smallest absolute Gasteiger partial charge is 0.344 e. The Balaban J connectivity index is 1.94. The number of ether oxygens (including phenoxy) is 1. The second kappa shape index (κ2) is 6.20. The number of methoxy groups -OCH3 is 1. The van der Waals surface area contributed by atoms with Crippen LogP contribution >= 0.6 is 0 Å². The highest BCUT2D eigenvalue weighted by Crippen LogP contribution is 2.22. The first-order valence-corrected chi connectivity index (χ1v) is 7.48. The predicted molar refractivity (Wildman–Crippen MR) is 92.9 cm³/mol. The van der Waals surface area contributed by atoms with Crippen LogP contribution in [0.4, 0.5) is 5.69 Å². The van der Waals surface area contributed by atoms with E-state index < -0.39 is 11.5 Å². The van der Waals surface area contributed by atoms with Crippen molar-refractivity contribution < 1.29 is 13.9 Å². The standard InChI is InChI=1S/C19H17NO4/c1-11-4-5-13-10-17(24-19(22)15(13)8-11)18(21)20-16-7-6-14(23-3)9-12(16)2/h4-10H,1-3H3,(H,20,21). The van der Waals surface area contributed by atoms with Crippen molar-refractivity contribution in [3.05, 3.63) is 69.8 Å². The van der Waals surface area contributed by atoms with Gasteiger partial charge in [-0.05, 0) is 55.1 Å². The second-order valence-corrected chi connectivity index (χ2v) is 5.62. The number of rotatable bonds is 3. The molecule has 1 amide bonds. The average Bonchev–Trinajstić information content (AvgIpc) is 2.57. The Kier molecular flexibility index (Phi) is 4.08. The maximum atomic E-state index is 12.4. The third-order valence-electron chi connectivity index (χ3n) is 3.82. The van der Waals surface area contributed by atoms with Gasteiger partial charge in [0.05, 0.1) is 12.5 Å². The third-order valence-corrected chi connectivity index (χ3v) is 3.82. The SMILES string of the molecule is COc1ccc(NC(=O)c2cc3ccc(C)cc3c(=O)o2)c(C)c1. The largest absolute Gasteiger partial charge is 0.497 e. The first-order valence-electron chi connectivity index (χ1n) is 7.48. The molecule has 122 valence electrons. The van der Waals surface area contributed by atoms with Crippen molar-refractivity contribution in [2.24, 2.45) is 0 Å². The Bertz CT molecular complexity index is 988. The van der Waals surface area contributed by atoms with Gasteiger partial charge in [0.1, 0.15) is 5.75 Å². The van der Waals surface area contributed by atoms with Crippen LogP contribution in [0.25, 0.3) is 10.8 Å². The van der Waals surface area contributed by atoms with Crippen LogP contribution in [0.5, 0.6) is 5.75 Å². The van der Waals surface area contributed by atoms with Crippen LogP contribution in [-0.2, 0) is 0 Å². The summed E-state index contributed by atoms with van der Waals surface area (Å²) in [6.07, 6.45) is 0. The predicted octanol–water partition coefficient (Wildman–Crippen LogP) is 3.67. The molecular formula is C19H17NO4. The van der Waals surface area contributed by atoms with E-state index in [1.807, 2.05) is 26.0 Å². The average molecular weight is 323 g/mol. The summed E-state index contributed by atoms with van der Waals surface area (Å²) in [6, 6.07) is 12.3. The fraction of sp³-hybridized carbons (Fsp3) is 0.158. The molecule has 3 aromatic rings. The number of hydrogen-bond acceptors (Lipinski definition) is 4. The number of amides is 1. The Morgan fingerprint density at radius 3 is 2.58 bits per heavy atom. The number of anilines is 1. The maximum absolute atomic E-state index is 12.4. The fourth-order valence-corrected chi connectivity index (χ4v) is 2.50. The van der Waals surface area contributed by atoms with Gasteiger partial charge in [-0.3, -0.25) is 4.79 Å². The molecule has 0 spiro atoms. The first kappa shape index (κ1) is 15.8. The molecule has 5 nitrogen and oxygen atoms in total. The number of aryl methyl sites for hydroxylation is 2. The highest BCUT2D eigenvalue weighted by Gasteiger charge is 2.14. The molecule has 3 rings (SSSR count). The Morgan fingerprint density at radius 1 is 1.08 bits per heavy atom. The van der Waals surface area contributed by atoms with Gasteiger partial charge in [0.25, 0.3) is 5.91 Å². The number of nitrogens with one attached hydrogen (secondary N) is 1. The highest BCUT2D eigenvalue weighted by molar-refractivity contribution is 6.04. The monoisotopic (exact) mass is 323 g/mol. The maximum Gasteiger partial charge on any atom is 0.344 e.